The molecule has 10 nitrogen and oxygen atoms in total. The lowest BCUT2D eigenvalue weighted by atomic mass is 9.70. The Labute approximate surface area is 287 Å². The minimum atomic E-state index is -1.22. The van der Waals surface area contributed by atoms with Gasteiger partial charge in [0.15, 0.2) is 0 Å². The van der Waals surface area contributed by atoms with Crippen molar-refractivity contribution in [3.05, 3.63) is 61.2 Å². The first kappa shape index (κ1) is 36.8. The lowest BCUT2D eigenvalue weighted by Gasteiger charge is -2.37. The number of esters is 1. The molecule has 47 heavy (non-hydrogen) atoms. The fraction of sp³-hybridized carbons (Fsp3) is 0.611. The molecule has 3 heterocycles. The van der Waals surface area contributed by atoms with Crippen LogP contribution in [0.5, 0.6) is 0 Å². The van der Waals surface area contributed by atoms with Gasteiger partial charge in [-0.1, -0.05) is 71.8 Å². The summed E-state index contributed by atoms with van der Waals surface area (Å²) in [6.45, 7) is 12.5. The smallest absolute Gasteiger partial charge is 0.313 e. The SMILES string of the molecule is C=CCCC(=O)N(C)[C@H](C)[C@H](OC(=O)[C@H]1[C@@H]2O[C@@]3(CC2Br)[C@@H]1C(=O)N(CCCCO)[C@@H]3C(=O)N(CC=C)CCCC)c1ccccc1. The standard InChI is InChI=1S/C36H50BrN3O7/c1-6-9-18-27(42)38(5)24(4)30(25-16-12-11-13-17-25)46-35(45)28-29-33(43)40(21-14-15-22-41)32(36(29)23-26(37)31(28)47-36)34(44)39(19-8-3)20-10-7-2/h6,8,11-13,16-17,24,26,28-32,41H,1,3,7,9-10,14-15,18-23H2,2,4-5H3/t24-,26?,28-,29+,30+,31-,32-,36+/m1/s1. The zero-order chi connectivity index (χ0) is 34.3. The molecule has 4 rings (SSSR count). The number of carbonyl (C=O) groups excluding carboxylic acids is 4. The van der Waals surface area contributed by atoms with E-state index in [0.717, 1.165) is 18.4 Å². The fourth-order valence-electron chi connectivity index (χ4n) is 7.41. The molecule has 3 aliphatic heterocycles. The number of aliphatic hydroxyl groups is 1. The van der Waals surface area contributed by atoms with E-state index in [1.807, 2.05) is 37.3 Å². The Balaban J connectivity index is 1.69. The average molecular weight is 717 g/mol. The van der Waals surface area contributed by atoms with Crippen molar-refractivity contribution in [2.24, 2.45) is 11.8 Å². The summed E-state index contributed by atoms with van der Waals surface area (Å²) in [7, 11) is 1.69. The maximum atomic E-state index is 14.4. The minimum absolute atomic E-state index is 0.0328. The van der Waals surface area contributed by atoms with Crippen molar-refractivity contribution in [3.8, 4) is 0 Å². The molecule has 2 bridgehead atoms. The Bertz CT molecular complexity index is 1290. The molecule has 0 radical (unpaired) electrons. The van der Waals surface area contributed by atoms with Gasteiger partial charge in [-0.25, -0.2) is 0 Å². The molecule has 1 N–H and O–H groups in total. The Morgan fingerprint density at radius 1 is 1.19 bits per heavy atom. The van der Waals surface area contributed by atoms with Gasteiger partial charge >= 0.3 is 5.97 Å². The molecule has 1 unspecified atom stereocenters. The summed E-state index contributed by atoms with van der Waals surface area (Å²) in [5.41, 5.74) is -0.495. The summed E-state index contributed by atoms with van der Waals surface area (Å²) in [6.07, 6.45) is 5.76. The van der Waals surface area contributed by atoms with Gasteiger partial charge in [-0.2, -0.15) is 0 Å². The van der Waals surface area contributed by atoms with Crippen LogP contribution in [0.25, 0.3) is 0 Å². The molecule has 0 aromatic heterocycles. The number of alkyl halides is 1. The van der Waals surface area contributed by atoms with Crippen molar-refractivity contribution < 1.29 is 33.8 Å². The summed E-state index contributed by atoms with van der Waals surface area (Å²) in [4.78, 5) is 60.7. The molecular weight excluding hydrogens is 666 g/mol. The molecule has 8 atom stereocenters. The summed E-state index contributed by atoms with van der Waals surface area (Å²) < 4.78 is 13.0. The van der Waals surface area contributed by atoms with Crippen LogP contribution in [0.3, 0.4) is 0 Å². The minimum Gasteiger partial charge on any atom is -0.455 e. The molecule has 1 spiro atoms. The zero-order valence-electron chi connectivity index (χ0n) is 27.9. The lowest BCUT2D eigenvalue weighted by Crippen LogP contribution is -2.57. The first-order valence-electron chi connectivity index (χ1n) is 16.8. The van der Waals surface area contributed by atoms with Crippen LogP contribution < -0.4 is 0 Å². The number of fused-ring (bicyclic) bond motifs is 1. The molecule has 0 saturated carbocycles. The highest BCUT2D eigenvalue weighted by Crippen LogP contribution is 2.60. The van der Waals surface area contributed by atoms with Crippen molar-refractivity contribution in [3.63, 3.8) is 0 Å². The van der Waals surface area contributed by atoms with Crippen LogP contribution in [-0.2, 0) is 28.7 Å². The van der Waals surface area contributed by atoms with Crippen LogP contribution in [0, 0.1) is 11.8 Å². The van der Waals surface area contributed by atoms with Crippen molar-refractivity contribution in [2.45, 2.75) is 93.5 Å². The zero-order valence-corrected chi connectivity index (χ0v) is 29.5. The maximum absolute atomic E-state index is 14.4. The molecule has 3 aliphatic rings. The summed E-state index contributed by atoms with van der Waals surface area (Å²) >= 11 is 3.73. The lowest BCUT2D eigenvalue weighted by molar-refractivity contribution is -0.164. The number of amides is 3. The number of rotatable bonds is 18. The second-order valence-corrected chi connectivity index (χ2v) is 14.1. The van der Waals surface area contributed by atoms with Gasteiger partial charge in [-0.15, -0.1) is 13.2 Å². The number of benzene rings is 1. The number of nitrogens with zero attached hydrogens (tertiary/aromatic N) is 3. The number of hydrogen-bond donors (Lipinski definition) is 1. The van der Waals surface area contributed by atoms with Crippen molar-refractivity contribution in [1.29, 1.82) is 0 Å². The summed E-state index contributed by atoms with van der Waals surface area (Å²) in [5.74, 6) is -3.09. The van der Waals surface area contributed by atoms with E-state index in [4.69, 9.17) is 9.47 Å². The molecule has 1 aromatic rings. The number of ether oxygens (including phenoxy) is 2. The third kappa shape index (κ3) is 7.37. The highest BCUT2D eigenvalue weighted by Gasteiger charge is 2.77. The first-order valence-corrected chi connectivity index (χ1v) is 17.7. The van der Waals surface area contributed by atoms with Crippen LogP contribution in [-0.4, -0.2) is 105 Å². The van der Waals surface area contributed by atoms with Gasteiger partial charge in [0.1, 0.15) is 17.7 Å². The predicted octanol–water partition coefficient (Wildman–Crippen LogP) is 4.42. The van der Waals surface area contributed by atoms with E-state index in [9.17, 15) is 24.3 Å². The number of likely N-dealkylation sites (tertiary alicyclic amines) is 1. The van der Waals surface area contributed by atoms with Crippen molar-refractivity contribution in [1.82, 2.24) is 14.7 Å². The average Bonchev–Trinajstić information content (AvgIpc) is 3.66. The summed E-state index contributed by atoms with van der Waals surface area (Å²) in [5, 5.41) is 9.48. The van der Waals surface area contributed by atoms with Gasteiger partial charge in [0.25, 0.3) is 0 Å². The van der Waals surface area contributed by atoms with Gasteiger partial charge in [0.05, 0.1) is 24.0 Å². The van der Waals surface area contributed by atoms with E-state index >= 15 is 0 Å². The van der Waals surface area contributed by atoms with Crippen molar-refractivity contribution >= 4 is 39.6 Å². The number of likely N-dealkylation sites (N-methyl/N-ethyl adjacent to an activating group) is 1. The molecule has 3 amide bonds. The number of carbonyl (C=O) groups is 4. The Kier molecular flexibility index (Phi) is 12.8. The number of allylic oxidation sites excluding steroid dienone is 1. The van der Waals surface area contributed by atoms with E-state index in [1.54, 1.807) is 33.9 Å². The van der Waals surface area contributed by atoms with E-state index in [0.29, 0.717) is 38.8 Å². The molecular formula is C36H50BrN3O7. The number of aliphatic hydroxyl groups excluding tert-OH is 1. The van der Waals surface area contributed by atoms with Gasteiger partial charge < -0.3 is 29.3 Å². The van der Waals surface area contributed by atoms with Crippen molar-refractivity contribution in [2.75, 3.05) is 33.3 Å². The van der Waals surface area contributed by atoms with E-state index < -0.39 is 47.7 Å². The Morgan fingerprint density at radius 2 is 1.91 bits per heavy atom. The highest BCUT2D eigenvalue weighted by atomic mass is 79.9. The second kappa shape index (κ2) is 16.4. The van der Waals surface area contributed by atoms with Gasteiger partial charge in [0.2, 0.25) is 17.7 Å². The van der Waals surface area contributed by atoms with E-state index in [1.165, 1.54) is 0 Å². The van der Waals surface area contributed by atoms with Crippen LogP contribution in [0.4, 0.5) is 0 Å². The van der Waals surface area contributed by atoms with Gasteiger partial charge in [-0.05, 0) is 44.6 Å². The predicted molar refractivity (Wildman–Crippen MR) is 182 cm³/mol. The molecule has 11 heteroatoms. The second-order valence-electron chi connectivity index (χ2n) is 12.9. The molecule has 258 valence electrons. The Hall–Kier alpha value is -3.02. The van der Waals surface area contributed by atoms with Crippen LogP contribution in [0.2, 0.25) is 0 Å². The third-order valence-electron chi connectivity index (χ3n) is 9.92. The van der Waals surface area contributed by atoms with E-state index in [2.05, 4.69) is 36.0 Å². The van der Waals surface area contributed by atoms with Crippen LogP contribution >= 0.6 is 15.9 Å². The number of unbranched alkanes of at least 4 members (excludes halogenated alkanes) is 2. The Morgan fingerprint density at radius 3 is 2.55 bits per heavy atom. The monoisotopic (exact) mass is 715 g/mol. The van der Waals surface area contributed by atoms with Crippen LogP contribution in [0.15, 0.2) is 55.6 Å². The highest BCUT2D eigenvalue weighted by molar-refractivity contribution is 9.09. The molecule has 1 aromatic carbocycles. The van der Waals surface area contributed by atoms with Gasteiger partial charge in [0, 0.05) is 44.5 Å². The number of halogens is 1. The molecule has 3 fully saturated rings. The largest absolute Gasteiger partial charge is 0.455 e. The first-order chi connectivity index (χ1) is 22.6. The number of hydrogen-bond acceptors (Lipinski definition) is 7. The summed E-state index contributed by atoms with van der Waals surface area (Å²) in [6, 6.07) is 7.83. The normalized spacial score (nSPS) is 27.2. The topological polar surface area (TPSA) is 117 Å². The van der Waals surface area contributed by atoms with Crippen LogP contribution in [0.1, 0.15) is 70.5 Å². The maximum Gasteiger partial charge on any atom is 0.313 e. The molecule has 3 saturated heterocycles. The molecule has 0 aliphatic carbocycles. The van der Waals surface area contributed by atoms with Gasteiger partial charge in [-0.3, -0.25) is 19.2 Å². The third-order valence-corrected chi connectivity index (χ3v) is 10.8. The fourth-order valence-corrected chi connectivity index (χ4v) is 8.35. The quantitative estimate of drug-likeness (QED) is 0.104. The van der Waals surface area contributed by atoms with E-state index in [-0.39, 0.29) is 42.1 Å².